The van der Waals surface area contributed by atoms with Crippen molar-refractivity contribution in [1.82, 2.24) is 14.8 Å². The highest BCUT2D eigenvalue weighted by atomic mass is 16.6. The Kier molecular flexibility index (Phi) is 6.82. The number of nitro benzene ring substituents is 1. The maximum atomic E-state index is 12.9. The molecule has 32 heavy (non-hydrogen) atoms. The number of benzene rings is 2. The fourth-order valence-corrected chi connectivity index (χ4v) is 4.35. The van der Waals surface area contributed by atoms with Gasteiger partial charge in [0.15, 0.2) is 0 Å². The molecule has 0 saturated carbocycles. The molecule has 8 heteroatoms. The number of para-hydroxylation sites is 1. The lowest BCUT2D eigenvalue weighted by Gasteiger charge is -2.26. The van der Waals surface area contributed by atoms with Crippen LogP contribution in [-0.4, -0.2) is 59.7 Å². The lowest BCUT2D eigenvalue weighted by molar-refractivity contribution is -0.384. The number of nitrogens with one attached hydrogen (secondary N) is 1. The number of aryl methyl sites for hydroxylation is 1. The first kappa shape index (κ1) is 22.0. The average Bonchev–Trinajstić information content (AvgIpc) is 3.15. The van der Waals surface area contributed by atoms with Crippen molar-refractivity contribution in [2.75, 3.05) is 39.4 Å². The standard InChI is InChI=1S/C24H28N4O4/c1-26-17-22(20-7-2-3-8-23(20)26)21(18-5-4-6-19(15-18)28(30)31)16-24(29)25-9-10-27-11-13-32-14-12-27/h2-8,15,17,21H,9-14,16H2,1H3,(H,25,29). The van der Waals surface area contributed by atoms with Gasteiger partial charge in [0, 0.05) is 74.8 Å². The van der Waals surface area contributed by atoms with E-state index in [1.165, 1.54) is 6.07 Å². The third kappa shape index (κ3) is 4.98. The molecule has 1 aliphatic heterocycles. The smallest absolute Gasteiger partial charge is 0.269 e. The first-order valence-corrected chi connectivity index (χ1v) is 10.9. The van der Waals surface area contributed by atoms with E-state index in [-0.39, 0.29) is 23.9 Å². The fraction of sp³-hybridized carbons (Fsp3) is 0.375. The normalized spacial score (nSPS) is 15.5. The van der Waals surface area contributed by atoms with Crippen LogP contribution >= 0.6 is 0 Å². The van der Waals surface area contributed by atoms with Gasteiger partial charge < -0.3 is 14.6 Å². The molecule has 1 atom stereocenters. The van der Waals surface area contributed by atoms with Gasteiger partial charge in [0.1, 0.15) is 0 Å². The Morgan fingerprint density at radius 1 is 1.19 bits per heavy atom. The molecule has 1 saturated heterocycles. The van der Waals surface area contributed by atoms with Gasteiger partial charge in [-0.3, -0.25) is 19.8 Å². The van der Waals surface area contributed by atoms with Gasteiger partial charge in [-0.1, -0.05) is 30.3 Å². The number of nitrogens with zero attached hydrogens (tertiary/aromatic N) is 3. The minimum atomic E-state index is -0.397. The second-order valence-electron chi connectivity index (χ2n) is 8.13. The van der Waals surface area contributed by atoms with Crippen LogP contribution in [0.15, 0.2) is 54.7 Å². The molecule has 1 aliphatic rings. The Labute approximate surface area is 186 Å². The molecule has 1 fully saturated rings. The predicted octanol–water partition coefficient (Wildman–Crippen LogP) is 3.06. The summed E-state index contributed by atoms with van der Waals surface area (Å²) in [5, 5.41) is 15.4. The van der Waals surface area contributed by atoms with Gasteiger partial charge in [0.05, 0.1) is 18.1 Å². The van der Waals surface area contributed by atoms with Gasteiger partial charge in [-0.2, -0.15) is 0 Å². The van der Waals surface area contributed by atoms with Crippen LogP contribution in [0, 0.1) is 10.1 Å². The van der Waals surface area contributed by atoms with Crippen molar-refractivity contribution in [3.05, 3.63) is 76.0 Å². The third-order valence-corrected chi connectivity index (χ3v) is 6.03. The van der Waals surface area contributed by atoms with Crippen LogP contribution in [0.5, 0.6) is 0 Å². The minimum Gasteiger partial charge on any atom is -0.379 e. The van der Waals surface area contributed by atoms with Crippen molar-refractivity contribution in [2.24, 2.45) is 7.05 Å². The summed E-state index contributed by atoms with van der Waals surface area (Å²) in [6.45, 7) is 4.55. The molecule has 0 bridgehead atoms. The predicted molar refractivity (Wildman–Crippen MR) is 123 cm³/mol. The van der Waals surface area contributed by atoms with E-state index in [0.717, 1.165) is 54.9 Å². The summed E-state index contributed by atoms with van der Waals surface area (Å²) in [4.78, 5) is 26.1. The van der Waals surface area contributed by atoms with Crippen LogP contribution in [0.4, 0.5) is 5.69 Å². The zero-order chi connectivity index (χ0) is 22.5. The molecule has 1 aromatic heterocycles. The van der Waals surface area contributed by atoms with Crippen molar-refractivity contribution in [1.29, 1.82) is 0 Å². The largest absolute Gasteiger partial charge is 0.379 e. The molecule has 0 spiro atoms. The van der Waals surface area contributed by atoms with Crippen molar-refractivity contribution in [3.8, 4) is 0 Å². The highest BCUT2D eigenvalue weighted by molar-refractivity contribution is 5.86. The molecular weight excluding hydrogens is 408 g/mol. The number of carbonyl (C=O) groups excluding carboxylic acids is 1. The van der Waals surface area contributed by atoms with Gasteiger partial charge in [0.2, 0.25) is 5.91 Å². The molecule has 168 valence electrons. The number of hydrogen-bond donors (Lipinski definition) is 1. The van der Waals surface area contributed by atoms with E-state index in [2.05, 4.69) is 10.2 Å². The number of morpholine rings is 1. The topological polar surface area (TPSA) is 89.6 Å². The monoisotopic (exact) mass is 436 g/mol. The van der Waals surface area contributed by atoms with E-state index < -0.39 is 4.92 Å². The van der Waals surface area contributed by atoms with Gasteiger partial charge in [-0.25, -0.2) is 0 Å². The van der Waals surface area contributed by atoms with Crippen molar-refractivity contribution >= 4 is 22.5 Å². The quantitative estimate of drug-likeness (QED) is 0.433. The van der Waals surface area contributed by atoms with Crippen LogP contribution < -0.4 is 5.32 Å². The summed E-state index contributed by atoms with van der Waals surface area (Å²) >= 11 is 0. The van der Waals surface area contributed by atoms with Crippen LogP contribution in [0.3, 0.4) is 0 Å². The molecule has 2 aromatic carbocycles. The summed E-state index contributed by atoms with van der Waals surface area (Å²) in [6, 6.07) is 14.6. The molecule has 3 aromatic rings. The van der Waals surface area contributed by atoms with E-state index in [1.54, 1.807) is 12.1 Å². The molecule has 0 aliphatic carbocycles. The molecule has 0 radical (unpaired) electrons. The number of rotatable bonds is 8. The number of amides is 1. The number of aromatic nitrogens is 1. The van der Waals surface area contributed by atoms with E-state index >= 15 is 0 Å². The van der Waals surface area contributed by atoms with Gasteiger partial charge in [0.25, 0.3) is 5.69 Å². The lowest BCUT2D eigenvalue weighted by atomic mass is 9.87. The average molecular weight is 437 g/mol. The second-order valence-corrected chi connectivity index (χ2v) is 8.13. The van der Waals surface area contributed by atoms with E-state index in [4.69, 9.17) is 4.74 Å². The second kappa shape index (κ2) is 9.93. The number of non-ortho nitro benzene ring substituents is 1. The van der Waals surface area contributed by atoms with Gasteiger partial charge >= 0.3 is 0 Å². The number of ether oxygens (including phenoxy) is 1. The van der Waals surface area contributed by atoms with Gasteiger partial charge in [-0.15, -0.1) is 0 Å². The third-order valence-electron chi connectivity index (χ3n) is 6.03. The summed E-state index contributed by atoms with van der Waals surface area (Å²) in [5.74, 6) is -0.355. The Morgan fingerprint density at radius 2 is 1.97 bits per heavy atom. The summed E-state index contributed by atoms with van der Waals surface area (Å²) in [7, 11) is 1.97. The zero-order valence-electron chi connectivity index (χ0n) is 18.2. The van der Waals surface area contributed by atoms with E-state index in [9.17, 15) is 14.9 Å². The Morgan fingerprint density at radius 3 is 2.75 bits per heavy atom. The van der Waals surface area contributed by atoms with Gasteiger partial charge in [-0.05, 0) is 17.2 Å². The Balaban J connectivity index is 1.57. The Bertz CT molecular complexity index is 1100. The highest BCUT2D eigenvalue weighted by Crippen LogP contribution is 2.35. The number of hydrogen-bond acceptors (Lipinski definition) is 5. The van der Waals surface area contributed by atoms with Crippen LogP contribution in [0.1, 0.15) is 23.5 Å². The van der Waals surface area contributed by atoms with Crippen LogP contribution in [0.25, 0.3) is 10.9 Å². The molecule has 8 nitrogen and oxygen atoms in total. The SMILES string of the molecule is Cn1cc(C(CC(=O)NCCN2CCOCC2)c2cccc([N+](=O)[O-])c2)c2ccccc21. The lowest BCUT2D eigenvalue weighted by Crippen LogP contribution is -2.41. The maximum absolute atomic E-state index is 12.9. The molecule has 1 unspecified atom stereocenters. The summed E-state index contributed by atoms with van der Waals surface area (Å²) in [5.41, 5.74) is 2.84. The summed E-state index contributed by atoms with van der Waals surface area (Å²) in [6.07, 6.45) is 2.24. The van der Waals surface area contributed by atoms with E-state index in [1.807, 2.05) is 48.1 Å². The maximum Gasteiger partial charge on any atom is 0.269 e. The first-order chi connectivity index (χ1) is 15.5. The number of fused-ring (bicyclic) bond motifs is 1. The Hall–Kier alpha value is -3.23. The van der Waals surface area contributed by atoms with Crippen LogP contribution in [0.2, 0.25) is 0 Å². The molecule has 2 heterocycles. The van der Waals surface area contributed by atoms with Crippen molar-refractivity contribution in [2.45, 2.75) is 12.3 Å². The number of nitro groups is 1. The van der Waals surface area contributed by atoms with Crippen LogP contribution in [-0.2, 0) is 16.6 Å². The molecule has 1 amide bonds. The van der Waals surface area contributed by atoms with Crippen molar-refractivity contribution < 1.29 is 14.5 Å². The fourth-order valence-electron chi connectivity index (χ4n) is 4.35. The van der Waals surface area contributed by atoms with E-state index in [0.29, 0.717) is 6.54 Å². The number of carbonyl (C=O) groups is 1. The minimum absolute atomic E-state index is 0.0282. The molecule has 1 N–H and O–H groups in total. The highest BCUT2D eigenvalue weighted by Gasteiger charge is 2.24. The first-order valence-electron chi connectivity index (χ1n) is 10.9. The zero-order valence-corrected chi connectivity index (χ0v) is 18.2. The molecular formula is C24H28N4O4. The molecule has 4 rings (SSSR count). The van der Waals surface area contributed by atoms with Crippen molar-refractivity contribution in [3.63, 3.8) is 0 Å². The summed E-state index contributed by atoms with van der Waals surface area (Å²) < 4.78 is 7.40.